The molecule has 5 nitrogen and oxygen atoms in total. The Balaban J connectivity index is 0.00000192. The quantitative estimate of drug-likeness (QED) is 0.828. The molecule has 0 aromatic heterocycles. The first kappa shape index (κ1) is 17.8. The minimum absolute atomic E-state index is 0. The van der Waals surface area contributed by atoms with E-state index in [1.807, 2.05) is 12.1 Å². The molecule has 0 saturated carbocycles. The average molecular weight is 338 g/mol. The van der Waals surface area contributed by atoms with Crippen LogP contribution in [0.2, 0.25) is 0 Å². The summed E-state index contributed by atoms with van der Waals surface area (Å²) in [5, 5.41) is 6.35. The van der Waals surface area contributed by atoms with Crippen LogP contribution < -0.4 is 10.6 Å². The number of piperidine rings is 1. The van der Waals surface area contributed by atoms with E-state index in [1.165, 1.54) is 4.90 Å². The molecule has 1 aromatic carbocycles. The van der Waals surface area contributed by atoms with E-state index in [0.29, 0.717) is 6.42 Å². The van der Waals surface area contributed by atoms with Gasteiger partial charge in [0.15, 0.2) is 0 Å². The van der Waals surface area contributed by atoms with Crippen LogP contribution >= 0.6 is 12.4 Å². The molecule has 3 amide bonds. The van der Waals surface area contributed by atoms with Gasteiger partial charge >= 0.3 is 6.03 Å². The summed E-state index contributed by atoms with van der Waals surface area (Å²) in [4.78, 5) is 26.2. The second-order valence-electron chi connectivity index (χ2n) is 6.39. The van der Waals surface area contributed by atoms with E-state index >= 15 is 0 Å². The van der Waals surface area contributed by atoms with Gasteiger partial charge in [-0.05, 0) is 49.9 Å². The first-order valence-corrected chi connectivity index (χ1v) is 7.90. The molecule has 0 radical (unpaired) electrons. The van der Waals surface area contributed by atoms with Crippen molar-refractivity contribution in [2.24, 2.45) is 5.92 Å². The number of nitrogens with zero attached hydrogens (tertiary/aromatic N) is 1. The third kappa shape index (κ3) is 3.08. The molecule has 0 bridgehead atoms. The Morgan fingerprint density at radius 3 is 2.43 bits per heavy atom. The number of aryl methyl sites for hydroxylation is 1. The van der Waals surface area contributed by atoms with Crippen LogP contribution in [0.15, 0.2) is 24.3 Å². The number of hydrogen-bond acceptors (Lipinski definition) is 3. The third-order valence-electron chi connectivity index (χ3n) is 5.09. The predicted octanol–water partition coefficient (Wildman–Crippen LogP) is 1.88. The van der Waals surface area contributed by atoms with Crippen molar-refractivity contribution in [1.82, 2.24) is 15.5 Å². The van der Waals surface area contributed by atoms with Crippen LogP contribution in [0.4, 0.5) is 4.79 Å². The molecule has 0 aliphatic carbocycles. The number of rotatable bonds is 3. The van der Waals surface area contributed by atoms with E-state index in [1.54, 1.807) is 7.05 Å². The van der Waals surface area contributed by atoms with Crippen LogP contribution in [0.1, 0.15) is 24.0 Å². The highest BCUT2D eigenvalue weighted by atomic mass is 35.5. The Morgan fingerprint density at radius 2 is 1.87 bits per heavy atom. The van der Waals surface area contributed by atoms with Gasteiger partial charge in [-0.25, -0.2) is 4.79 Å². The van der Waals surface area contributed by atoms with Crippen LogP contribution in [0, 0.1) is 12.8 Å². The molecule has 2 fully saturated rings. The molecule has 2 aliphatic heterocycles. The van der Waals surface area contributed by atoms with E-state index in [9.17, 15) is 9.59 Å². The van der Waals surface area contributed by atoms with E-state index < -0.39 is 5.54 Å². The molecule has 23 heavy (non-hydrogen) atoms. The van der Waals surface area contributed by atoms with Crippen LogP contribution in [0.25, 0.3) is 0 Å². The lowest BCUT2D eigenvalue weighted by Gasteiger charge is -2.38. The lowest BCUT2D eigenvalue weighted by molar-refractivity contribution is -0.132. The van der Waals surface area contributed by atoms with Gasteiger partial charge < -0.3 is 10.6 Å². The maximum Gasteiger partial charge on any atom is 0.324 e. The van der Waals surface area contributed by atoms with E-state index in [0.717, 1.165) is 37.1 Å². The molecular weight excluding hydrogens is 314 g/mol. The van der Waals surface area contributed by atoms with Gasteiger partial charge in [0.25, 0.3) is 5.91 Å². The van der Waals surface area contributed by atoms with E-state index in [2.05, 4.69) is 29.7 Å². The number of carbonyl (C=O) groups excluding carboxylic acids is 2. The Labute approximate surface area is 143 Å². The van der Waals surface area contributed by atoms with Gasteiger partial charge in [0.1, 0.15) is 5.54 Å². The standard InChI is InChI=1S/C17H23N3O2.ClH/c1-12-5-3-4-6-13(12)11-17(14-7-9-18-10-8-14)15(21)20(2)16(22)19-17;/h3-6,14,18H,7-11H2,1-2H3,(H,19,22);1H. The molecule has 2 aliphatic rings. The Bertz CT molecular complexity index is 601. The van der Waals surface area contributed by atoms with Gasteiger partial charge in [-0.15, -0.1) is 12.4 Å². The molecule has 3 rings (SSSR count). The van der Waals surface area contributed by atoms with E-state index in [4.69, 9.17) is 0 Å². The molecule has 2 saturated heterocycles. The molecule has 1 atom stereocenters. The number of hydrogen-bond donors (Lipinski definition) is 2. The summed E-state index contributed by atoms with van der Waals surface area (Å²) in [6.07, 6.45) is 2.39. The summed E-state index contributed by atoms with van der Waals surface area (Å²) in [5.74, 6) is 0.0856. The number of benzene rings is 1. The van der Waals surface area contributed by atoms with Gasteiger partial charge in [0.2, 0.25) is 0 Å². The van der Waals surface area contributed by atoms with Crippen LogP contribution in [-0.2, 0) is 11.2 Å². The number of nitrogens with one attached hydrogen (secondary N) is 2. The van der Waals surface area contributed by atoms with Crippen molar-refractivity contribution in [2.75, 3.05) is 20.1 Å². The summed E-state index contributed by atoms with van der Waals surface area (Å²) >= 11 is 0. The van der Waals surface area contributed by atoms with Crippen molar-refractivity contribution >= 4 is 24.3 Å². The fourth-order valence-electron chi connectivity index (χ4n) is 3.68. The lowest BCUT2D eigenvalue weighted by Crippen LogP contribution is -2.57. The first-order chi connectivity index (χ1) is 10.5. The number of urea groups is 1. The number of likely N-dealkylation sites (N-methyl/N-ethyl adjacent to an activating group) is 1. The van der Waals surface area contributed by atoms with Gasteiger partial charge in [-0.3, -0.25) is 9.69 Å². The molecule has 1 aromatic rings. The van der Waals surface area contributed by atoms with Crippen LogP contribution in [0.5, 0.6) is 0 Å². The molecular formula is C17H24ClN3O2. The summed E-state index contributed by atoms with van der Waals surface area (Å²) in [6.45, 7) is 3.84. The Hall–Kier alpha value is -1.59. The van der Waals surface area contributed by atoms with Crippen molar-refractivity contribution in [3.8, 4) is 0 Å². The maximum absolute atomic E-state index is 12.9. The van der Waals surface area contributed by atoms with Crippen molar-refractivity contribution in [3.05, 3.63) is 35.4 Å². The molecule has 1 unspecified atom stereocenters. The lowest BCUT2D eigenvalue weighted by atomic mass is 9.73. The smallest absolute Gasteiger partial charge is 0.322 e. The van der Waals surface area contributed by atoms with Crippen LogP contribution in [-0.4, -0.2) is 42.5 Å². The Morgan fingerprint density at radius 1 is 1.22 bits per heavy atom. The summed E-state index contributed by atoms with van der Waals surface area (Å²) in [7, 11) is 1.57. The van der Waals surface area contributed by atoms with Gasteiger partial charge in [0, 0.05) is 13.5 Å². The SMILES string of the molecule is Cc1ccccc1CC1(C2CCNCC2)NC(=O)N(C)C1=O.Cl. The van der Waals surface area contributed by atoms with Gasteiger partial charge in [0.05, 0.1) is 0 Å². The highest BCUT2D eigenvalue weighted by Crippen LogP contribution is 2.35. The topological polar surface area (TPSA) is 61.4 Å². The molecule has 2 N–H and O–H groups in total. The fourth-order valence-corrected chi connectivity index (χ4v) is 3.68. The van der Waals surface area contributed by atoms with Gasteiger partial charge in [-0.2, -0.15) is 0 Å². The average Bonchev–Trinajstić information content (AvgIpc) is 2.76. The Kier molecular flexibility index (Phi) is 5.32. The van der Waals surface area contributed by atoms with Gasteiger partial charge in [-0.1, -0.05) is 24.3 Å². The maximum atomic E-state index is 12.9. The van der Waals surface area contributed by atoms with E-state index in [-0.39, 0.29) is 30.3 Å². The molecule has 6 heteroatoms. The molecule has 2 heterocycles. The zero-order valence-corrected chi connectivity index (χ0v) is 14.4. The monoisotopic (exact) mass is 337 g/mol. The van der Waals surface area contributed by atoms with Crippen molar-refractivity contribution in [2.45, 2.75) is 31.7 Å². The zero-order chi connectivity index (χ0) is 15.7. The van der Waals surface area contributed by atoms with Crippen molar-refractivity contribution in [3.63, 3.8) is 0 Å². The predicted molar refractivity (Wildman–Crippen MR) is 91.8 cm³/mol. The van der Waals surface area contributed by atoms with Crippen molar-refractivity contribution < 1.29 is 9.59 Å². The minimum Gasteiger partial charge on any atom is -0.322 e. The summed E-state index contributed by atoms with van der Waals surface area (Å²) in [5.41, 5.74) is 1.50. The highest BCUT2D eigenvalue weighted by molar-refractivity contribution is 6.07. The molecule has 126 valence electrons. The normalized spacial score (nSPS) is 25.2. The van der Waals surface area contributed by atoms with Crippen molar-refractivity contribution in [1.29, 1.82) is 0 Å². The fraction of sp³-hybridized carbons (Fsp3) is 0.529. The molecule has 0 spiro atoms. The number of amides is 3. The summed E-state index contributed by atoms with van der Waals surface area (Å²) in [6, 6.07) is 7.81. The highest BCUT2D eigenvalue weighted by Gasteiger charge is 2.54. The summed E-state index contributed by atoms with van der Waals surface area (Å²) < 4.78 is 0. The third-order valence-corrected chi connectivity index (χ3v) is 5.09. The second kappa shape index (κ2) is 6.89. The largest absolute Gasteiger partial charge is 0.324 e. The second-order valence-corrected chi connectivity index (χ2v) is 6.39. The first-order valence-electron chi connectivity index (χ1n) is 7.90. The number of carbonyl (C=O) groups is 2. The zero-order valence-electron chi connectivity index (χ0n) is 13.6. The van der Waals surface area contributed by atoms with Crippen LogP contribution in [0.3, 0.4) is 0 Å². The number of imide groups is 1. The minimum atomic E-state index is -0.792. The number of halogens is 1.